The number of Topliss-reactive ketones (excluding diaryl/α,β-unsaturated/α-hetero) is 1. The largest absolute Gasteiger partial charge is 0.481 e. The van der Waals surface area contributed by atoms with Crippen molar-refractivity contribution < 1.29 is 19.8 Å². The van der Waals surface area contributed by atoms with Gasteiger partial charge in [-0.2, -0.15) is 0 Å². The van der Waals surface area contributed by atoms with Crippen LogP contribution in [0.3, 0.4) is 0 Å². The molecule has 8 heteroatoms. The van der Waals surface area contributed by atoms with Gasteiger partial charge in [0.15, 0.2) is 5.96 Å². The Morgan fingerprint density at radius 1 is 1.43 bits per heavy atom. The molecule has 0 saturated heterocycles. The molecule has 0 aromatic carbocycles. The summed E-state index contributed by atoms with van der Waals surface area (Å²) in [5.74, 6) is -3.64. The van der Waals surface area contributed by atoms with Gasteiger partial charge in [-0.3, -0.25) is 15.0 Å². The van der Waals surface area contributed by atoms with Gasteiger partial charge in [0.1, 0.15) is 5.78 Å². The number of hydrogen-bond acceptors (Lipinski definition) is 5. The van der Waals surface area contributed by atoms with Crippen LogP contribution in [0.5, 0.6) is 0 Å². The molecule has 1 aliphatic carbocycles. The van der Waals surface area contributed by atoms with E-state index in [0.717, 1.165) is 0 Å². The minimum atomic E-state index is -1.16. The molecule has 1 rings (SSSR count). The molecule has 0 spiro atoms. The van der Waals surface area contributed by atoms with Gasteiger partial charge in [-0.1, -0.05) is 13.3 Å². The Hall–Kier alpha value is -1.67. The predicted molar refractivity (Wildman–Crippen MR) is 85.7 cm³/mol. The zero-order valence-corrected chi connectivity index (χ0v) is 13.7. The standard InChI is InChI=1S/C15H28N4O4/c1-3-8(4-5-16)11(7(2)20)12-10(19-15(17)18)6-9(13(12)21)14(22)23/h8-13,21H,3-6,16H2,1-2H3,(H,22,23)(H4,17,18,19)/t8?,9-,10+,11-,12+,13+/m0/s1. The zero-order valence-electron chi connectivity index (χ0n) is 13.7. The van der Waals surface area contributed by atoms with E-state index in [0.29, 0.717) is 19.4 Å². The van der Waals surface area contributed by atoms with E-state index in [1.807, 2.05) is 6.92 Å². The molecule has 132 valence electrons. The highest BCUT2D eigenvalue weighted by molar-refractivity contribution is 5.80. The first-order valence-corrected chi connectivity index (χ1v) is 7.96. The second kappa shape index (κ2) is 8.26. The van der Waals surface area contributed by atoms with E-state index in [2.05, 4.69) is 5.32 Å². The number of nitrogens with two attached hydrogens (primary N) is 2. The maximum Gasteiger partial charge on any atom is 0.309 e. The molecule has 8 nitrogen and oxygen atoms in total. The Morgan fingerprint density at radius 2 is 2.04 bits per heavy atom. The Morgan fingerprint density at radius 3 is 2.43 bits per heavy atom. The minimum Gasteiger partial charge on any atom is -0.481 e. The summed E-state index contributed by atoms with van der Waals surface area (Å²) in [6.45, 7) is 3.81. The van der Waals surface area contributed by atoms with E-state index < -0.39 is 35.9 Å². The third kappa shape index (κ3) is 4.42. The predicted octanol–water partition coefficient (Wildman–Crippen LogP) is -0.500. The van der Waals surface area contributed by atoms with Gasteiger partial charge in [0.05, 0.1) is 12.0 Å². The van der Waals surface area contributed by atoms with Crippen LogP contribution < -0.4 is 16.8 Å². The summed E-state index contributed by atoms with van der Waals surface area (Å²) in [4.78, 5) is 23.6. The summed E-state index contributed by atoms with van der Waals surface area (Å²) in [5, 5.41) is 29.9. The summed E-state index contributed by atoms with van der Waals surface area (Å²) < 4.78 is 0. The minimum absolute atomic E-state index is 0.0408. The lowest BCUT2D eigenvalue weighted by molar-refractivity contribution is -0.146. The van der Waals surface area contributed by atoms with Gasteiger partial charge >= 0.3 is 5.97 Å². The van der Waals surface area contributed by atoms with Crippen molar-refractivity contribution in [2.45, 2.75) is 45.3 Å². The maximum atomic E-state index is 12.2. The highest BCUT2D eigenvalue weighted by Gasteiger charge is 2.51. The lowest BCUT2D eigenvalue weighted by Gasteiger charge is -2.35. The average Bonchev–Trinajstić information content (AvgIpc) is 2.75. The van der Waals surface area contributed by atoms with Crippen LogP contribution in [0.25, 0.3) is 0 Å². The molecule has 0 amide bonds. The van der Waals surface area contributed by atoms with Gasteiger partial charge in [0.2, 0.25) is 0 Å². The number of carbonyl (C=O) groups is 2. The van der Waals surface area contributed by atoms with E-state index >= 15 is 0 Å². The number of rotatable bonds is 8. The van der Waals surface area contributed by atoms with Crippen LogP contribution in [0.2, 0.25) is 0 Å². The number of aliphatic carboxylic acids is 1. The molecule has 8 N–H and O–H groups in total. The Balaban J connectivity index is 3.18. The number of guanidine groups is 1. The smallest absolute Gasteiger partial charge is 0.309 e. The molecule has 1 saturated carbocycles. The number of carboxylic acids is 1. The molecule has 1 unspecified atom stereocenters. The Bertz CT molecular complexity index is 457. The molecular weight excluding hydrogens is 300 g/mol. The molecule has 0 aromatic heterocycles. The van der Waals surface area contributed by atoms with E-state index in [-0.39, 0.29) is 24.1 Å². The molecule has 6 atom stereocenters. The highest BCUT2D eigenvalue weighted by atomic mass is 16.4. The quantitative estimate of drug-likeness (QED) is 0.258. The fraction of sp³-hybridized carbons (Fsp3) is 0.800. The number of ketones is 1. The van der Waals surface area contributed by atoms with Gasteiger partial charge in [-0.05, 0) is 32.2 Å². The maximum absolute atomic E-state index is 12.2. The summed E-state index contributed by atoms with van der Waals surface area (Å²) in [6.07, 6.45) is 0.290. The lowest BCUT2D eigenvalue weighted by atomic mass is 9.73. The number of aliphatic hydroxyl groups excluding tert-OH is 1. The van der Waals surface area contributed by atoms with Crippen molar-refractivity contribution in [2.75, 3.05) is 6.54 Å². The fourth-order valence-corrected chi connectivity index (χ4v) is 3.91. The first kappa shape index (κ1) is 19.4. The van der Waals surface area contributed by atoms with E-state index in [9.17, 15) is 19.8 Å². The first-order chi connectivity index (χ1) is 10.7. The summed E-state index contributed by atoms with van der Waals surface area (Å²) in [6, 6.07) is -0.524. The molecular formula is C15H28N4O4. The van der Waals surface area contributed by atoms with Crippen molar-refractivity contribution in [3.8, 4) is 0 Å². The van der Waals surface area contributed by atoms with Crippen molar-refractivity contribution in [2.24, 2.45) is 35.1 Å². The monoisotopic (exact) mass is 328 g/mol. The topological polar surface area (TPSA) is 163 Å². The number of nitrogens with one attached hydrogen (secondary N) is 2. The fourth-order valence-electron chi connectivity index (χ4n) is 3.91. The van der Waals surface area contributed by atoms with Crippen LogP contribution in [0.1, 0.15) is 33.1 Å². The van der Waals surface area contributed by atoms with Gasteiger partial charge in [0, 0.05) is 17.9 Å². The number of carboxylic acid groups (broad SMARTS) is 1. The third-order valence-corrected chi connectivity index (χ3v) is 4.89. The molecule has 23 heavy (non-hydrogen) atoms. The van der Waals surface area contributed by atoms with Crippen LogP contribution in [0.15, 0.2) is 0 Å². The molecule has 1 fully saturated rings. The lowest BCUT2D eigenvalue weighted by Crippen LogP contribution is -2.48. The van der Waals surface area contributed by atoms with Crippen LogP contribution in [0.4, 0.5) is 0 Å². The number of aliphatic hydroxyl groups is 1. The second-order valence-electron chi connectivity index (χ2n) is 6.29. The first-order valence-electron chi connectivity index (χ1n) is 7.96. The van der Waals surface area contributed by atoms with Crippen molar-refractivity contribution in [1.82, 2.24) is 5.32 Å². The van der Waals surface area contributed by atoms with Crippen molar-refractivity contribution >= 4 is 17.7 Å². The molecule has 0 bridgehead atoms. The van der Waals surface area contributed by atoms with E-state index in [1.54, 1.807) is 0 Å². The van der Waals surface area contributed by atoms with Gasteiger partial charge in [0.25, 0.3) is 0 Å². The second-order valence-corrected chi connectivity index (χ2v) is 6.29. The average molecular weight is 328 g/mol. The van der Waals surface area contributed by atoms with Gasteiger partial charge in [-0.25, -0.2) is 0 Å². The third-order valence-electron chi connectivity index (χ3n) is 4.89. The molecule has 0 aromatic rings. The summed E-state index contributed by atoms with van der Waals surface area (Å²) >= 11 is 0. The Kier molecular flexibility index (Phi) is 6.96. The van der Waals surface area contributed by atoms with Gasteiger partial charge < -0.3 is 27.0 Å². The van der Waals surface area contributed by atoms with Crippen LogP contribution in [-0.4, -0.2) is 46.6 Å². The molecule has 0 aliphatic heterocycles. The van der Waals surface area contributed by atoms with Crippen LogP contribution in [0, 0.1) is 29.1 Å². The SMILES string of the molecule is CCC(CCN)[C@H](C(C)=O)[C@@H]1[C@H](O)[C@@H](C(=O)O)C[C@H]1NC(=N)N. The molecule has 1 aliphatic rings. The van der Waals surface area contributed by atoms with Crippen LogP contribution in [-0.2, 0) is 9.59 Å². The zero-order chi connectivity index (χ0) is 17.7. The van der Waals surface area contributed by atoms with Crippen LogP contribution >= 0.6 is 0 Å². The van der Waals surface area contributed by atoms with Gasteiger partial charge in [-0.15, -0.1) is 0 Å². The Labute approximate surface area is 136 Å². The normalized spacial score (nSPS) is 29.7. The molecule has 0 radical (unpaired) electrons. The van der Waals surface area contributed by atoms with E-state index in [1.165, 1.54) is 6.92 Å². The summed E-state index contributed by atoms with van der Waals surface area (Å²) in [5.41, 5.74) is 11.0. The van der Waals surface area contributed by atoms with Crippen molar-refractivity contribution in [3.63, 3.8) is 0 Å². The molecule has 0 heterocycles. The summed E-state index contributed by atoms with van der Waals surface area (Å²) in [7, 11) is 0. The number of carbonyl (C=O) groups excluding carboxylic acids is 1. The highest BCUT2D eigenvalue weighted by Crippen LogP contribution is 2.41. The van der Waals surface area contributed by atoms with E-state index in [4.69, 9.17) is 16.9 Å². The van der Waals surface area contributed by atoms with Crippen molar-refractivity contribution in [3.05, 3.63) is 0 Å². The van der Waals surface area contributed by atoms with Crippen molar-refractivity contribution in [1.29, 1.82) is 5.41 Å². The number of hydrogen-bond donors (Lipinski definition) is 6.